The van der Waals surface area contributed by atoms with Gasteiger partial charge in [-0.25, -0.2) is 0 Å². The summed E-state index contributed by atoms with van der Waals surface area (Å²) in [5.74, 6) is 0.570. The Morgan fingerprint density at radius 1 is 1.44 bits per heavy atom. The number of hydrogen-bond donors (Lipinski definition) is 1. The fourth-order valence-corrected chi connectivity index (χ4v) is 2.09. The van der Waals surface area contributed by atoms with Gasteiger partial charge in [0.05, 0.1) is 18.8 Å². The van der Waals surface area contributed by atoms with E-state index in [4.69, 9.17) is 4.74 Å². The molecule has 0 aromatic heterocycles. The standard InChI is InChI=1S/C12H24N2O2/c1-5-10-13-11(9(3)4)12(15)14(10)7-8-16-6-2/h9-11,13H,5-8H2,1-4H3. The minimum atomic E-state index is -0.0217. The Labute approximate surface area is 98.3 Å². The molecule has 0 aliphatic carbocycles. The maximum Gasteiger partial charge on any atom is 0.241 e. The molecule has 1 N–H and O–H groups in total. The van der Waals surface area contributed by atoms with Crippen LogP contribution in [0.15, 0.2) is 0 Å². The first kappa shape index (κ1) is 13.5. The van der Waals surface area contributed by atoms with Crippen molar-refractivity contribution in [2.24, 2.45) is 5.92 Å². The Hall–Kier alpha value is -0.610. The van der Waals surface area contributed by atoms with Gasteiger partial charge in [0.25, 0.3) is 0 Å². The minimum Gasteiger partial charge on any atom is -0.380 e. The van der Waals surface area contributed by atoms with Gasteiger partial charge in [-0.3, -0.25) is 10.1 Å². The molecule has 0 aromatic carbocycles. The van der Waals surface area contributed by atoms with Gasteiger partial charge in [0.2, 0.25) is 5.91 Å². The Morgan fingerprint density at radius 3 is 2.62 bits per heavy atom. The number of carbonyl (C=O) groups excluding carboxylic acids is 1. The molecule has 1 amide bonds. The van der Waals surface area contributed by atoms with Crippen molar-refractivity contribution in [3.63, 3.8) is 0 Å². The summed E-state index contributed by atoms with van der Waals surface area (Å²) < 4.78 is 5.31. The zero-order valence-electron chi connectivity index (χ0n) is 10.8. The molecule has 16 heavy (non-hydrogen) atoms. The highest BCUT2D eigenvalue weighted by atomic mass is 16.5. The van der Waals surface area contributed by atoms with Gasteiger partial charge >= 0.3 is 0 Å². The normalized spacial score (nSPS) is 25.8. The van der Waals surface area contributed by atoms with Gasteiger partial charge < -0.3 is 9.64 Å². The first-order chi connectivity index (χ1) is 7.61. The summed E-state index contributed by atoms with van der Waals surface area (Å²) in [5.41, 5.74) is 0. The minimum absolute atomic E-state index is 0.0217. The summed E-state index contributed by atoms with van der Waals surface area (Å²) >= 11 is 0. The van der Waals surface area contributed by atoms with Crippen LogP contribution >= 0.6 is 0 Å². The van der Waals surface area contributed by atoms with Crippen molar-refractivity contribution in [1.29, 1.82) is 0 Å². The van der Waals surface area contributed by atoms with E-state index in [1.807, 2.05) is 11.8 Å². The Morgan fingerprint density at radius 2 is 2.12 bits per heavy atom. The third-order valence-electron chi connectivity index (χ3n) is 3.03. The van der Waals surface area contributed by atoms with Gasteiger partial charge in [-0.1, -0.05) is 20.8 Å². The van der Waals surface area contributed by atoms with Crippen molar-refractivity contribution in [3.05, 3.63) is 0 Å². The fourth-order valence-electron chi connectivity index (χ4n) is 2.09. The van der Waals surface area contributed by atoms with Crippen LogP contribution in [0.2, 0.25) is 0 Å². The van der Waals surface area contributed by atoms with Crippen LogP contribution in [0.25, 0.3) is 0 Å². The molecule has 2 unspecified atom stereocenters. The van der Waals surface area contributed by atoms with E-state index in [1.54, 1.807) is 0 Å². The summed E-state index contributed by atoms with van der Waals surface area (Å²) in [6, 6.07) is -0.0217. The molecule has 0 radical (unpaired) electrons. The van der Waals surface area contributed by atoms with E-state index < -0.39 is 0 Å². The predicted molar refractivity (Wildman–Crippen MR) is 64.0 cm³/mol. The van der Waals surface area contributed by atoms with Crippen LogP contribution in [-0.2, 0) is 9.53 Å². The summed E-state index contributed by atoms with van der Waals surface area (Å²) in [6.07, 6.45) is 1.13. The van der Waals surface area contributed by atoms with Gasteiger partial charge in [0, 0.05) is 13.2 Å². The van der Waals surface area contributed by atoms with Gasteiger partial charge in [0.15, 0.2) is 0 Å². The molecule has 0 saturated carbocycles. The SMILES string of the molecule is CCOCCN1C(=O)C(C(C)C)NC1CC. The smallest absolute Gasteiger partial charge is 0.241 e. The van der Waals surface area contributed by atoms with Crippen molar-refractivity contribution in [2.45, 2.75) is 46.3 Å². The van der Waals surface area contributed by atoms with Crippen LogP contribution < -0.4 is 5.32 Å². The fraction of sp³-hybridized carbons (Fsp3) is 0.917. The molecule has 0 spiro atoms. The number of nitrogens with zero attached hydrogens (tertiary/aromatic N) is 1. The van der Waals surface area contributed by atoms with Gasteiger partial charge in [-0.2, -0.15) is 0 Å². The molecule has 4 nitrogen and oxygen atoms in total. The van der Waals surface area contributed by atoms with Gasteiger partial charge in [-0.15, -0.1) is 0 Å². The lowest BCUT2D eigenvalue weighted by Crippen LogP contribution is -2.38. The number of rotatable bonds is 6. The molecule has 0 bridgehead atoms. The molecule has 4 heteroatoms. The summed E-state index contributed by atoms with van der Waals surface area (Å²) in [5, 5.41) is 3.39. The second-order valence-electron chi connectivity index (χ2n) is 4.54. The summed E-state index contributed by atoms with van der Waals surface area (Å²) in [4.78, 5) is 14.0. The van der Waals surface area contributed by atoms with Crippen molar-refractivity contribution in [2.75, 3.05) is 19.8 Å². The largest absolute Gasteiger partial charge is 0.380 e. The molecule has 1 aliphatic heterocycles. The van der Waals surface area contributed by atoms with Crippen LogP contribution in [0.1, 0.15) is 34.1 Å². The second kappa shape index (κ2) is 6.21. The van der Waals surface area contributed by atoms with E-state index in [0.717, 1.165) is 6.42 Å². The monoisotopic (exact) mass is 228 g/mol. The molecule has 1 fully saturated rings. The molecule has 0 aromatic rings. The quantitative estimate of drug-likeness (QED) is 0.695. The van der Waals surface area contributed by atoms with Crippen LogP contribution in [-0.4, -0.2) is 42.8 Å². The highest BCUT2D eigenvalue weighted by Crippen LogP contribution is 2.18. The Balaban J connectivity index is 2.55. The van der Waals surface area contributed by atoms with Crippen LogP contribution in [0.3, 0.4) is 0 Å². The van der Waals surface area contributed by atoms with Crippen molar-refractivity contribution >= 4 is 5.91 Å². The number of carbonyl (C=O) groups is 1. The first-order valence-corrected chi connectivity index (χ1v) is 6.26. The van der Waals surface area contributed by atoms with Crippen molar-refractivity contribution in [1.82, 2.24) is 10.2 Å². The van der Waals surface area contributed by atoms with Gasteiger partial charge in [0.1, 0.15) is 0 Å². The third kappa shape index (κ3) is 2.95. The summed E-state index contributed by atoms with van der Waals surface area (Å²) in [6.45, 7) is 10.3. The number of amides is 1. The van der Waals surface area contributed by atoms with Gasteiger partial charge in [-0.05, 0) is 19.3 Å². The molecular weight excluding hydrogens is 204 g/mol. The maximum atomic E-state index is 12.1. The topological polar surface area (TPSA) is 41.6 Å². The Kier molecular flexibility index (Phi) is 5.22. The lowest BCUT2D eigenvalue weighted by molar-refractivity contribution is -0.131. The maximum absolute atomic E-state index is 12.1. The molecular formula is C12H24N2O2. The summed E-state index contributed by atoms with van der Waals surface area (Å²) in [7, 11) is 0. The van der Waals surface area contributed by atoms with Crippen molar-refractivity contribution in [3.8, 4) is 0 Å². The van der Waals surface area contributed by atoms with Crippen molar-refractivity contribution < 1.29 is 9.53 Å². The van der Waals surface area contributed by atoms with Crippen LogP contribution in [0.5, 0.6) is 0 Å². The highest BCUT2D eigenvalue weighted by molar-refractivity contribution is 5.84. The van der Waals surface area contributed by atoms with E-state index in [0.29, 0.717) is 25.7 Å². The molecule has 1 heterocycles. The predicted octanol–water partition coefficient (Wildman–Crippen LogP) is 1.22. The molecule has 1 aliphatic rings. The molecule has 1 saturated heterocycles. The molecule has 1 rings (SSSR count). The lowest BCUT2D eigenvalue weighted by Gasteiger charge is -2.22. The first-order valence-electron chi connectivity index (χ1n) is 6.26. The zero-order chi connectivity index (χ0) is 12.1. The molecule has 94 valence electrons. The van der Waals surface area contributed by atoms with E-state index in [9.17, 15) is 4.79 Å². The average molecular weight is 228 g/mol. The molecule has 2 atom stereocenters. The zero-order valence-corrected chi connectivity index (χ0v) is 10.8. The third-order valence-corrected chi connectivity index (χ3v) is 3.03. The Bertz CT molecular complexity index is 231. The average Bonchev–Trinajstić information content (AvgIpc) is 2.57. The van der Waals surface area contributed by atoms with Crippen LogP contribution in [0, 0.1) is 5.92 Å². The number of nitrogens with one attached hydrogen (secondary N) is 1. The van der Waals surface area contributed by atoms with Crippen LogP contribution in [0.4, 0.5) is 0 Å². The van der Waals surface area contributed by atoms with E-state index in [2.05, 4.69) is 26.1 Å². The number of hydrogen-bond acceptors (Lipinski definition) is 3. The van der Waals surface area contributed by atoms with E-state index in [-0.39, 0.29) is 18.1 Å². The lowest BCUT2D eigenvalue weighted by atomic mass is 10.1. The number of ether oxygens (including phenoxy) is 1. The highest BCUT2D eigenvalue weighted by Gasteiger charge is 2.38. The van der Waals surface area contributed by atoms with E-state index >= 15 is 0 Å². The second-order valence-corrected chi connectivity index (χ2v) is 4.54. The van der Waals surface area contributed by atoms with E-state index in [1.165, 1.54) is 0 Å².